The third kappa shape index (κ3) is 3.19. The first-order valence-electron chi connectivity index (χ1n) is 6.88. The van der Waals surface area contributed by atoms with Crippen molar-refractivity contribution in [1.82, 2.24) is 4.31 Å². The Morgan fingerprint density at radius 3 is 2.57 bits per heavy atom. The van der Waals surface area contributed by atoms with E-state index in [2.05, 4.69) is 5.16 Å². The standard InChI is InChI=1S/C14H20N2O4S/c1-3-11-10-16(9-8-14(11)15-17)21(18,19)13-6-4-12(20-2)5-7-13/h4-7,11,17H,3,8-10H2,1-2H3/b15-14+. The second-order valence-corrected chi connectivity index (χ2v) is 6.92. The zero-order chi connectivity index (χ0) is 15.5. The zero-order valence-corrected chi connectivity index (χ0v) is 13.0. The number of piperidine rings is 1. The van der Waals surface area contributed by atoms with Gasteiger partial charge in [-0.2, -0.15) is 4.31 Å². The summed E-state index contributed by atoms with van der Waals surface area (Å²) in [4.78, 5) is 0.252. The number of oxime groups is 1. The van der Waals surface area contributed by atoms with E-state index < -0.39 is 10.0 Å². The summed E-state index contributed by atoms with van der Waals surface area (Å²) in [6.45, 7) is 2.65. The molecule has 21 heavy (non-hydrogen) atoms. The van der Waals surface area contributed by atoms with Gasteiger partial charge in [-0.3, -0.25) is 0 Å². The molecule has 0 amide bonds. The third-order valence-electron chi connectivity index (χ3n) is 3.83. The smallest absolute Gasteiger partial charge is 0.243 e. The topological polar surface area (TPSA) is 79.2 Å². The molecule has 1 N–H and O–H groups in total. The summed E-state index contributed by atoms with van der Waals surface area (Å²) in [6.07, 6.45) is 1.21. The van der Waals surface area contributed by atoms with Crippen LogP contribution in [-0.4, -0.2) is 43.8 Å². The van der Waals surface area contributed by atoms with Crippen LogP contribution in [0.15, 0.2) is 34.3 Å². The lowest BCUT2D eigenvalue weighted by Crippen LogP contribution is -2.43. The highest BCUT2D eigenvalue weighted by Gasteiger charge is 2.32. The van der Waals surface area contributed by atoms with Crippen molar-refractivity contribution in [1.29, 1.82) is 0 Å². The van der Waals surface area contributed by atoms with Crippen molar-refractivity contribution < 1.29 is 18.4 Å². The number of hydrogen-bond acceptors (Lipinski definition) is 5. The van der Waals surface area contributed by atoms with E-state index in [0.29, 0.717) is 31.0 Å². The van der Waals surface area contributed by atoms with Crippen LogP contribution in [0.1, 0.15) is 19.8 Å². The lowest BCUT2D eigenvalue weighted by molar-refractivity contribution is 0.295. The van der Waals surface area contributed by atoms with Crippen LogP contribution in [0.5, 0.6) is 5.75 Å². The second kappa shape index (κ2) is 6.44. The van der Waals surface area contributed by atoms with Crippen molar-refractivity contribution >= 4 is 15.7 Å². The molecular weight excluding hydrogens is 292 g/mol. The van der Waals surface area contributed by atoms with Crippen molar-refractivity contribution in [3.8, 4) is 5.75 Å². The van der Waals surface area contributed by atoms with Gasteiger partial charge >= 0.3 is 0 Å². The average molecular weight is 312 g/mol. The SMILES string of the molecule is CCC1CN(S(=O)(=O)c2ccc(OC)cc2)CC/C1=N\O. The van der Waals surface area contributed by atoms with Crippen LogP contribution in [0.2, 0.25) is 0 Å². The minimum absolute atomic E-state index is 0.0308. The van der Waals surface area contributed by atoms with Gasteiger partial charge in [0.15, 0.2) is 0 Å². The van der Waals surface area contributed by atoms with Crippen molar-refractivity contribution in [2.24, 2.45) is 11.1 Å². The highest BCUT2D eigenvalue weighted by molar-refractivity contribution is 7.89. The van der Waals surface area contributed by atoms with Gasteiger partial charge in [0.1, 0.15) is 5.75 Å². The van der Waals surface area contributed by atoms with Crippen LogP contribution in [0.4, 0.5) is 0 Å². The summed E-state index contributed by atoms with van der Waals surface area (Å²) >= 11 is 0. The van der Waals surface area contributed by atoms with Crippen molar-refractivity contribution in [3.05, 3.63) is 24.3 Å². The van der Waals surface area contributed by atoms with Gasteiger partial charge in [0.05, 0.1) is 17.7 Å². The molecule has 1 saturated heterocycles. The predicted octanol–water partition coefficient (Wildman–Crippen LogP) is 1.95. The number of benzene rings is 1. The van der Waals surface area contributed by atoms with Crippen LogP contribution in [-0.2, 0) is 10.0 Å². The molecule has 0 aromatic heterocycles. The number of sulfonamides is 1. The summed E-state index contributed by atoms with van der Waals surface area (Å²) < 4.78 is 31.7. The molecule has 6 nitrogen and oxygen atoms in total. The molecule has 1 heterocycles. The average Bonchev–Trinajstić information content (AvgIpc) is 2.54. The summed E-state index contributed by atoms with van der Waals surface area (Å²) in [5.41, 5.74) is 0.679. The third-order valence-corrected chi connectivity index (χ3v) is 5.71. The molecule has 2 rings (SSSR count). The molecule has 0 saturated carbocycles. The monoisotopic (exact) mass is 312 g/mol. The van der Waals surface area contributed by atoms with Crippen LogP contribution in [0, 0.1) is 5.92 Å². The van der Waals surface area contributed by atoms with Crippen molar-refractivity contribution in [2.45, 2.75) is 24.7 Å². The highest BCUT2D eigenvalue weighted by atomic mass is 32.2. The van der Waals surface area contributed by atoms with E-state index in [0.717, 1.165) is 6.42 Å². The predicted molar refractivity (Wildman–Crippen MR) is 79.4 cm³/mol. The molecule has 0 bridgehead atoms. The Balaban J connectivity index is 2.23. The molecule has 1 aliphatic rings. The van der Waals surface area contributed by atoms with E-state index in [-0.39, 0.29) is 10.8 Å². The first-order chi connectivity index (χ1) is 10.0. The van der Waals surface area contributed by atoms with E-state index >= 15 is 0 Å². The molecule has 1 aromatic carbocycles. The van der Waals surface area contributed by atoms with E-state index in [1.807, 2.05) is 6.92 Å². The van der Waals surface area contributed by atoms with Crippen molar-refractivity contribution in [3.63, 3.8) is 0 Å². The molecule has 1 atom stereocenters. The van der Waals surface area contributed by atoms with E-state index in [1.54, 1.807) is 24.3 Å². The normalized spacial score (nSPS) is 22.4. The summed E-state index contributed by atoms with van der Waals surface area (Å²) in [6, 6.07) is 6.36. The van der Waals surface area contributed by atoms with Crippen LogP contribution in [0.25, 0.3) is 0 Å². The fourth-order valence-corrected chi connectivity index (χ4v) is 3.98. The molecule has 7 heteroatoms. The Morgan fingerprint density at radius 1 is 1.38 bits per heavy atom. The number of rotatable bonds is 4. The van der Waals surface area contributed by atoms with E-state index in [9.17, 15) is 8.42 Å². The summed E-state index contributed by atoms with van der Waals surface area (Å²) in [5, 5.41) is 12.3. The highest BCUT2D eigenvalue weighted by Crippen LogP contribution is 2.25. The maximum Gasteiger partial charge on any atom is 0.243 e. The molecule has 0 radical (unpaired) electrons. The van der Waals surface area contributed by atoms with Gasteiger partial charge < -0.3 is 9.94 Å². The summed E-state index contributed by atoms with van der Waals surface area (Å²) in [5.74, 6) is 0.588. The quantitative estimate of drug-likeness (QED) is 0.681. The number of hydrogen-bond donors (Lipinski definition) is 1. The van der Waals surface area contributed by atoms with Gasteiger partial charge in [-0.05, 0) is 30.7 Å². The largest absolute Gasteiger partial charge is 0.497 e. The number of ether oxygens (including phenoxy) is 1. The minimum atomic E-state index is -3.52. The lowest BCUT2D eigenvalue weighted by Gasteiger charge is -2.31. The molecule has 1 aliphatic heterocycles. The number of nitrogens with zero attached hydrogens (tertiary/aromatic N) is 2. The van der Waals surface area contributed by atoms with Gasteiger partial charge in [0.2, 0.25) is 10.0 Å². The number of methoxy groups -OCH3 is 1. The van der Waals surface area contributed by atoms with Gasteiger partial charge in [-0.15, -0.1) is 0 Å². The van der Waals surface area contributed by atoms with E-state index in [1.165, 1.54) is 11.4 Å². The Morgan fingerprint density at radius 2 is 2.05 bits per heavy atom. The fourth-order valence-electron chi connectivity index (χ4n) is 2.50. The van der Waals surface area contributed by atoms with Crippen molar-refractivity contribution in [2.75, 3.05) is 20.2 Å². The first kappa shape index (κ1) is 15.8. The molecule has 1 aromatic rings. The molecule has 0 aliphatic carbocycles. The van der Waals surface area contributed by atoms with E-state index in [4.69, 9.17) is 9.94 Å². The van der Waals surface area contributed by atoms with Crippen LogP contribution >= 0.6 is 0 Å². The first-order valence-corrected chi connectivity index (χ1v) is 8.32. The second-order valence-electron chi connectivity index (χ2n) is 4.99. The Kier molecular flexibility index (Phi) is 4.84. The Bertz CT molecular complexity index is 610. The molecular formula is C14H20N2O4S. The molecule has 1 unspecified atom stereocenters. The lowest BCUT2D eigenvalue weighted by atomic mass is 9.95. The van der Waals surface area contributed by atoms with Crippen LogP contribution in [0.3, 0.4) is 0 Å². The minimum Gasteiger partial charge on any atom is -0.497 e. The Hall–Kier alpha value is -1.60. The van der Waals surface area contributed by atoms with Gasteiger partial charge in [0.25, 0.3) is 0 Å². The molecule has 1 fully saturated rings. The summed E-state index contributed by atoms with van der Waals surface area (Å²) in [7, 11) is -1.98. The van der Waals surface area contributed by atoms with Gasteiger partial charge in [-0.1, -0.05) is 12.1 Å². The fraction of sp³-hybridized carbons (Fsp3) is 0.500. The van der Waals surface area contributed by atoms with Gasteiger partial charge in [0, 0.05) is 25.4 Å². The molecule has 0 spiro atoms. The Labute approximate surface area is 125 Å². The van der Waals surface area contributed by atoms with Gasteiger partial charge in [-0.25, -0.2) is 8.42 Å². The van der Waals surface area contributed by atoms with Crippen LogP contribution < -0.4 is 4.74 Å². The molecule has 116 valence electrons. The zero-order valence-electron chi connectivity index (χ0n) is 12.2. The maximum absolute atomic E-state index is 12.6. The maximum atomic E-state index is 12.6.